The van der Waals surface area contributed by atoms with Crippen LogP contribution in [0, 0.1) is 0 Å². The van der Waals surface area contributed by atoms with E-state index in [2.05, 4.69) is 20.5 Å². The Labute approximate surface area is 163 Å². The van der Waals surface area contributed by atoms with E-state index in [0.717, 1.165) is 22.6 Å². The number of hydrogen-bond donors (Lipinski definition) is 0. The van der Waals surface area contributed by atoms with E-state index in [9.17, 15) is 0 Å². The summed E-state index contributed by atoms with van der Waals surface area (Å²) in [5.74, 6) is 1.51. The van der Waals surface area contributed by atoms with Crippen LogP contribution in [0.5, 0.6) is 5.75 Å². The molecule has 0 unspecified atom stereocenters. The monoisotopic (exact) mass is 369 g/mol. The summed E-state index contributed by atoms with van der Waals surface area (Å²) >= 11 is 0. The van der Waals surface area contributed by atoms with Crippen molar-refractivity contribution in [2.45, 2.75) is 13.2 Å². The van der Waals surface area contributed by atoms with Crippen LogP contribution in [0.25, 0.3) is 12.2 Å². The number of hydrogen-bond acceptors (Lipinski definition) is 5. The molecule has 0 aliphatic carbocycles. The molecule has 4 rings (SSSR count). The van der Waals surface area contributed by atoms with Crippen LogP contribution < -0.4 is 4.74 Å². The SMILES string of the molecule is C(=C\c1nnnn1Cc1ccc(OCc2ccccn2)cc1)/c1ccccc1. The van der Waals surface area contributed by atoms with Crippen molar-refractivity contribution in [3.63, 3.8) is 0 Å². The quantitative estimate of drug-likeness (QED) is 0.495. The van der Waals surface area contributed by atoms with E-state index < -0.39 is 0 Å². The Morgan fingerprint density at radius 3 is 2.46 bits per heavy atom. The molecule has 0 amide bonds. The molecule has 4 aromatic rings. The fourth-order valence-corrected chi connectivity index (χ4v) is 2.68. The van der Waals surface area contributed by atoms with Crippen LogP contribution in [-0.2, 0) is 13.2 Å². The molecule has 0 radical (unpaired) electrons. The Balaban J connectivity index is 1.38. The van der Waals surface area contributed by atoms with Gasteiger partial charge in [0.25, 0.3) is 0 Å². The van der Waals surface area contributed by atoms with Crippen LogP contribution in [0.15, 0.2) is 79.0 Å². The lowest BCUT2D eigenvalue weighted by Crippen LogP contribution is -2.04. The summed E-state index contributed by atoms with van der Waals surface area (Å²) in [7, 11) is 0. The molecular formula is C22H19N5O. The number of aromatic nitrogens is 5. The summed E-state index contributed by atoms with van der Waals surface area (Å²) < 4.78 is 7.54. The van der Waals surface area contributed by atoms with Crippen molar-refractivity contribution in [3.05, 3.63) is 102 Å². The van der Waals surface area contributed by atoms with Gasteiger partial charge in [0.2, 0.25) is 0 Å². The minimum Gasteiger partial charge on any atom is -0.487 e. The Morgan fingerprint density at radius 1 is 0.857 bits per heavy atom. The highest BCUT2D eigenvalue weighted by molar-refractivity contribution is 5.66. The molecule has 2 aromatic heterocycles. The van der Waals surface area contributed by atoms with Crippen LogP contribution in [0.4, 0.5) is 0 Å². The first-order chi connectivity index (χ1) is 13.9. The van der Waals surface area contributed by atoms with Crippen molar-refractivity contribution in [1.82, 2.24) is 25.2 Å². The lowest BCUT2D eigenvalue weighted by Gasteiger charge is -2.07. The second-order valence-corrected chi connectivity index (χ2v) is 6.19. The minimum atomic E-state index is 0.446. The highest BCUT2D eigenvalue weighted by atomic mass is 16.5. The minimum absolute atomic E-state index is 0.446. The highest BCUT2D eigenvalue weighted by Crippen LogP contribution is 2.15. The second kappa shape index (κ2) is 8.73. The molecule has 6 heteroatoms. The molecule has 2 heterocycles. The first-order valence-electron chi connectivity index (χ1n) is 8.98. The van der Waals surface area contributed by atoms with E-state index in [4.69, 9.17) is 4.74 Å². The molecule has 0 N–H and O–H groups in total. The average Bonchev–Trinajstić information content (AvgIpc) is 3.20. The second-order valence-electron chi connectivity index (χ2n) is 6.19. The summed E-state index contributed by atoms with van der Waals surface area (Å²) in [6.07, 6.45) is 5.67. The van der Waals surface area contributed by atoms with Gasteiger partial charge >= 0.3 is 0 Å². The number of nitrogens with zero attached hydrogens (tertiary/aromatic N) is 5. The van der Waals surface area contributed by atoms with Gasteiger partial charge in [0, 0.05) is 6.20 Å². The largest absolute Gasteiger partial charge is 0.487 e. The lowest BCUT2D eigenvalue weighted by atomic mass is 10.2. The third kappa shape index (κ3) is 4.67. The van der Waals surface area contributed by atoms with E-state index in [1.165, 1.54) is 0 Å². The molecular weight excluding hydrogens is 350 g/mol. The normalized spacial score (nSPS) is 11.0. The first-order valence-corrected chi connectivity index (χ1v) is 8.98. The van der Waals surface area contributed by atoms with Gasteiger partial charge in [-0.3, -0.25) is 4.98 Å². The number of benzene rings is 2. The van der Waals surface area contributed by atoms with Crippen molar-refractivity contribution in [1.29, 1.82) is 0 Å². The maximum absolute atomic E-state index is 5.77. The van der Waals surface area contributed by atoms with Crippen LogP contribution in [0.2, 0.25) is 0 Å². The molecule has 0 saturated heterocycles. The van der Waals surface area contributed by atoms with E-state index in [1.807, 2.05) is 84.9 Å². The molecule has 0 fully saturated rings. The molecule has 28 heavy (non-hydrogen) atoms. The molecule has 0 atom stereocenters. The maximum Gasteiger partial charge on any atom is 0.175 e. The smallest absolute Gasteiger partial charge is 0.175 e. The lowest BCUT2D eigenvalue weighted by molar-refractivity contribution is 0.301. The van der Waals surface area contributed by atoms with Gasteiger partial charge in [0.1, 0.15) is 12.4 Å². The van der Waals surface area contributed by atoms with Crippen LogP contribution in [0.3, 0.4) is 0 Å². The van der Waals surface area contributed by atoms with Gasteiger partial charge in [-0.1, -0.05) is 54.6 Å². The van der Waals surface area contributed by atoms with E-state index in [1.54, 1.807) is 10.9 Å². The van der Waals surface area contributed by atoms with Gasteiger partial charge in [-0.2, -0.15) is 0 Å². The van der Waals surface area contributed by atoms with Crippen LogP contribution in [-0.4, -0.2) is 25.2 Å². The zero-order valence-electron chi connectivity index (χ0n) is 15.2. The van der Waals surface area contributed by atoms with Gasteiger partial charge in [-0.15, -0.1) is 5.10 Å². The summed E-state index contributed by atoms with van der Waals surface area (Å²) in [5, 5.41) is 12.0. The van der Waals surface area contributed by atoms with Crippen molar-refractivity contribution in [2.24, 2.45) is 0 Å². The van der Waals surface area contributed by atoms with Crippen molar-refractivity contribution < 1.29 is 4.74 Å². The summed E-state index contributed by atoms with van der Waals surface area (Å²) in [4.78, 5) is 4.25. The third-order valence-corrected chi connectivity index (χ3v) is 4.15. The predicted octanol–water partition coefficient (Wildman–Crippen LogP) is 3.87. The zero-order chi connectivity index (χ0) is 19.0. The number of ether oxygens (including phenoxy) is 1. The number of rotatable bonds is 7. The average molecular weight is 369 g/mol. The molecule has 0 spiro atoms. The molecule has 138 valence electrons. The van der Waals surface area contributed by atoms with Gasteiger partial charge in [0.05, 0.1) is 12.2 Å². The van der Waals surface area contributed by atoms with Gasteiger partial charge < -0.3 is 4.74 Å². The molecule has 0 saturated carbocycles. The summed E-state index contributed by atoms with van der Waals surface area (Å²) in [5.41, 5.74) is 3.09. The fraction of sp³-hybridized carbons (Fsp3) is 0.0909. The van der Waals surface area contributed by atoms with E-state index in [0.29, 0.717) is 19.0 Å². The molecule has 2 aromatic carbocycles. The Hall–Kier alpha value is -3.80. The van der Waals surface area contributed by atoms with Crippen molar-refractivity contribution in [2.75, 3.05) is 0 Å². The zero-order valence-corrected chi connectivity index (χ0v) is 15.2. The Morgan fingerprint density at radius 2 is 1.68 bits per heavy atom. The standard InChI is InChI=1S/C22H19N5O/c1-2-6-18(7-3-1)11-14-22-24-25-26-27(22)16-19-9-12-21(13-10-19)28-17-20-8-4-5-15-23-20/h1-15H,16-17H2/b14-11+. The summed E-state index contributed by atoms with van der Waals surface area (Å²) in [6, 6.07) is 23.8. The van der Waals surface area contributed by atoms with Crippen LogP contribution >= 0.6 is 0 Å². The van der Waals surface area contributed by atoms with Gasteiger partial charge in [-0.05, 0) is 51.9 Å². The topological polar surface area (TPSA) is 65.7 Å². The molecule has 0 aliphatic heterocycles. The number of pyridine rings is 1. The van der Waals surface area contributed by atoms with Gasteiger partial charge in [-0.25, -0.2) is 4.68 Å². The molecule has 0 aliphatic rings. The van der Waals surface area contributed by atoms with E-state index in [-0.39, 0.29) is 0 Å². The fourth-order valence-electron chi connectivity index (χ4n) is 2.68. The van der Waals surface area contributed by atoms with E-state index >= 15 is 0 Å². The summed E-state index contributed by atoms with van der Waals surface area (Å²) in [6.45, 7) is 1.03. The first kappa shape index (κ1) is 17.6. The van der Waals surface area contributed by atoms with Crippen molar-refractivity contribution >= 4 is 12.2 Å². The Bertz CT molecular complexity index is 1030. The molecule has 0 bridgehead atoms. The predicted molar refractivity (Wildman–Crippen MR) is 107 cm³/mol. The van der Waals surface area contributed by atoms with Crippen molar-refractivity contribution in [3.8, 4) is 5.75 Å². The Kier molecular flexibility index (Phi) is 5.49. The molecule has 6 nitrogen and oxygen atoms in total. The maximum atomic E-state index is 5.77. The number of tetrazole rings is 1. The third-order valence-electron chi connectivity index (χ3n) is 4.15. The van der Waals surface area contributed by atoms with Crippen LogP contribution in [0.1, 0.15) is 22.6 Å². The highest BCUT2D eigenvalue weighted by Gasteiger charge is 2.04. The van der Waals surface area contributed by atoms with Gasteiger partial charge in [0.15, 0.2) is 5.82 Å².